The predicted molar refractivity (Wildman–Crippen MR) is 49.5 cm³/mol. The first-order chi connectivity index (χ1) is 5.74. The van der Waals surface area contributed by atoms with E-state index in [4.69, 9.17) is 4.74 Å². The van der Waals surface area contributed by atoms with E-state index in [1.165, 1.54) is 11.5 Å². The summed E-state index contributed by atoms with van der Waals surface area (Å²) in [6.45, 7) is 4.08. The van der Waals surface area contributed by atoms with Crippen LogP contribution in [0.3, 0.4) is 0 Å². The Morgan fingerprint density at radius 3 is 2.83 bits per heavy atom. The molecule has 0 aliphatic heterocycles. The van der Waals surface area contributed by atoms with Gasteiger partial charge in [-0.05, 0) is 13.8 Å². The fourth-order valence-corrected chi connectivity index (χ4v) is 1.29. The van der Waals surface area contributed by atoms with Gasteiger partial charge in [0.15, 0.2) is 0 Å². The highest BCUT2D eigenvalue weighted by molar-refractivity contribution is 7.09. The van der Waals surface area contributed by atoms with Gasteiger partial charge in [0.1, 0.15) is 5.00 Å². The first-order valence-corrected chi connectivity index (χ1v) is 4.58. The molecule has 0 saturated heterocycles. The maximum absolute atomic E-state index is 5.16. The van der Waals surface area contributed by atoms with Crippen molar-refractivity contribution in [3.8, 4) is 0 Å². The largest absolute Gasteiger partial charge is 0.380 e. The van der Waals surface area contributed by atoms with Crippen LogP contribution in [0.1, 0.15) is 13.8 Å². The second kappa shape index (κ2) is 4.37. The van der Waals surface area contributed by atoms with Crippen LogP contribution in [-0.2, 0) is 4.74 Å². The molecule has 2 atom stereocenters. The van der Waals surface area contributed by atoms with Crippen LogP contribution >= 0.6 is 11.5 Å². The lowest BCUT2D eigenvalue weighted by molar-refractivity contribution is 0.106. The van der Waals surface area contributed by atoms with Crippen LogP contribution < -0.4 is 5.32 Å². The second-order valence-electron chi connectivity index (χ2n) is 2.66. The topological polar surface area (TPSA) is 47.0 Å². The highest BCUT2D eigenvalue weighted by Crippen LogP contribution is 2.12. The van der Waals surface area contributed by atoms with Crippen LogP contribution in [0.4, 0.5) is 5.00 Å². The number of hydrogen-bond acceptors (Lipinski definition) is 5. The van der Waals surface area contributed by atoms with E-state index in [9.17, 15) is 0 Å². The quantitative estimate of drug-likeness (QED) is 0.773. The zero-order chi connectivity index (χ0) is 8.97. The molecule has 0 saturated carbocycles. The van der Waals surface area contributed by atoms with E-state index >= 15 is 0 Å². The lowest BCUT2D eigenvalue weighted by Crippen LogP contribution is -2.29. The molecule has 0 bridgehead atoms. The normalized spacial score (nSPS) is 15.6. The summed E-state index contributed by atoms with van der Waals surface area (Å²) in [6.07, 6.45) is 1.90. The minimum Gasteiger partial charge on any atom is -0.380 e. The molecule has 5 heteroatoms. The van der Waals surface area contributed by atoms with Crippen LogP contribution in [0.15, 0.2) is 6.20 Å². The van der Waals surface area contributed by atoms with Gasteiger partial charge in [-0.25, -0.2) is 0 Å². The number of hydrogen-bond donors (Lipinski definition) is 1. The number of anilines is 1. The molecule has 0 fully saturated rings. The third-order valence-corrected chi connectivity index (χ3v) is 2.40. The molecule has 1 aromatic heterocycles. The minimum absolute atomic E-state index is 0.187. The van der Waals surface area contributed by atoms with Gasteiger partial charge in [-0.3, -0.25) is 0 Å². The van der Waals surface area contributed by atoms with E-state index in [1.807, 2.05) is 6.92 Å². The number of ether oxygens (including phenoxy) is 1. The Morgan fingerprint density at radius 2 is 2.33 bits per heavy atom. The zero-order valence-electron chi connectivity index (χ0n) is 7.44. The molecule has 0 aliphatic carbocycles. The molecule has 0 spiro atoms. The van der Waals surface area contributed by atoms with Gasteiger partial charge in [-0.15, -0.1) is 5.10 Å². The number of nitrogens with one attached hydrogen (secondary N) is 1. The Kier molecular flexibility index (Phi) is 3.43. The molecule has 4 nitrogen and oxygen atoms in total. The first kappa shape index (κ1) is 9.41. The van der Waals surface area contributed by atoms with Crippen LogP contribution in [0.5, 0.6) is 0 Å². The lowest BCUT2D eigenvalue weighted by atomic mass is 10.2. The summed E-state index contributed by atoms with van der Waals surface area (Å²) in [5.41, 5.74) is 0. The van der Waals surface area contributed by atoms with E-state index in [0.29, 0.717) is 0 Å². The first-order valence-electron chi connectivity index (χ1n) is 3.80. The van der Waals surface area contributed by atoms with Gasteiger partial charge in [0.05, 0.1) is 18.3 Å². The fraction of sp³-hybridized carbons (Fsp3) is 0.714. The van der Waals surface area contributed by atoms with Gasteiger partial charge in [0.25, 0.3) is 0 Å². The summed E-state index contributed by atoms with van der Waals surface area (Å²) in [5, 5.41) is 7.94. The van der Waals surface area contributed by atoms with Crippen molar-refractivity contribution in [2.75, 3.05) is 12.4 Å². The van der Waals surface area contributed by atoms with Gasteiger partial charge in [0.2, 0.25) is 0 Å². The Morgan fingerprint density at radius 1 is 1.58 bits per heavy atom. The van der Waals surface area contributed by atoms with Gasteiger partial charge in [0, 0.05) is 18.6 Å². The van der Waals surface area contributed by atoms with E-state index < -0.39 is 0 Å². The number of rotatable bonds is 4. The Hall–Kier alpha value is -0.680. The van der Waals surface area contributed by atoms with Gasteiger partial charge in [-0.2, -0.15) is 0 Å². The van der Waals surface area contributed by atoms with Crippen molar-refractivity contribution < 1.29 is 4.74 Å². The molecule has 1 N–H and O–H groups in total. The smallest absolute Gasteiger partial charge is 0.130 e. The van der Waals surface area contributed by atoms with Crippen LogP contribution in [0.25, 0.3) is 0 Å². The SMILES string of the molecule is COC(C)C(C)Nc1cnns1. The Balaban J connectivity index is 2.41. The van der Waals surface area contributed by atoms with Crippen LogP contribution in [0, 0.1) is 0 Å². The Labute approximate surface area is 76.1 Å². The third-order valence-electron chi connectivity index (χ3n) is 1.81. The standard InChI is InChI=1S/C7H13N3OS/c1-5(6(2)11-3)9-7-4-8-10-12-7/h4-6,9H,1-3H3. The molecule has 0 aliphatic rings. The summed E-state index contributed by atoms with van der Waals surface area (Å²) in [6, 6.07) is 0.275. The molecule has 0 radical (unpaired) electrons. The van der Waals surface area contributed by atoms with E-state index in [2.05, 4.69) is 21.8 Å². The van der Waals surface area contributed by atoms with Crippen molar-refractivity contribution >= 4 is 16.5 Å². The van der Waals surface area contributed by atoms with E-state index in [0.717, 1.165) is 5.00 Å². The molecule has 2 unspecified atom stereocenters. The summed E-state index contributed by atoms with van der Waals surface area (Å²) >= 11 is 1.35. The molecular weight excluding hydrogens is 174 g/mol. The molecule has 12 heavy (non-hydrogen) atoms. The van der Waals surface area contributed by atoms with Crippen molar-refractivity contribution in [3.05, 3.63) is 6.20 Å². The van der Waals surface area contributed by atoms with E-state index in [1.54, 1.807) is 13.3 Å². The lowest BCUT2D eigenvalue weighted by Gasteiger charge is -2.19. The number of aromatic nitrogens is 2. The zero-order valence-corrected chi connectivity index (χ0v) is 8.26. The Bertz CT molecular complexity index is 214. The van der Waals surface area contributed by atoms with Crippen molar-refractivity contribution in [1.82, 2.24) is 9.59 Å². The average molecular weight is 187 g/mol. The maximum Gasteiger partial charge on any atom is 0.130 e. The number of methoxy groups -OCH3 is 1. The maximum atomic E-state index is 5.16. The van der Waals surface area contributed by atoms with Crippen molar-refractivity contribution in [2.24, 2.45) is 0 Å². The predicted octanol–water partition coefficient (Wildman–Crippen LogP) is 1.37. The molecule has 0 aromatic carbocycles. The molecular formula is C7H13N3OS. The highest BCUT2D eigenvalue weighted by atomic mass is 32.1. The van der Waals surface area contributed by atoms with Crippen LogP contribution in [0.2, 0.25) is 0 Å². The monoisotopic (exact) mass is 187 g/mol. The summed E-state index contributed by atoms with van der Waals surface area (Å²) in [4.78, 5) is 0. The highest BCUT2D eigenvalue weighted by Gasteiger charge is 2.10. The second-order valence-corrected chi connectivity index (χ2v) is 3.44. The molecule has 68 valence electrons. The summed E-state index contributed by atoms with van der Waals surface area (Å²) in [5.74, 6) is 0. The molecule has 1 rings (SSSR count). The summed E-state index contributed by atoms with van der Waals surface area (Å²) in [7, 11) is 1.70. The van der Waals surface area contributed by atoms with E-state index in [-0.39, 0.29) is 12.1 Å². The molecule has 1 aromatic rings. The van der Waals surface area contributed by atoms with Crippen molar-refractivity contribution in [3.63, 3.8) is 0 Å². The minimum atomic E-state index is 0.187. The van der Waals surface area contributed by atoms with Crippen molar-refractivity contribution in [2.45, 2.75) is 26.0 Å². The third kappa shape index (κ3) is 2.42. The molecule has 0 amide bonds. The molecule has 1 heterocycles. The number of nitrogens with zero attached hydrogens (tertiary/aromatic N) is 2. The van der Waals surface area contributed by atoms with Gasteiger partial charge < -0.3 is 10.1 Å². The fourth-order valence-electron chi connectivity index (χ4n) is 0.777. The van der Waals surface area contributed by atoms with Crippen LogP contribution in [-0.4, -0.2) is 28.8 Å². The summed E-state index contributed by atoms with van der Waals surface area (Å²) < 4.78 is 8.91. The van der Waals surface area contributed by atoms with Crippen molar-refractivity contribution in [1.29, 1.82) is 0 Å². The average Bonchev–Trinajstić information content (AvgIpc) is 2.55. The van der Waals surface area contributed by atoms with Gasteiger partial charge >= 0.3 is 0 Å². The van der Waals surface area contributed by atoms with Gasteiger partial charge in [-0.1, -0.05) is 4.49 Å².